The molecular formula is C13H9NO4S. The number of carboxylic acid groups (broad SMARTS) is 1. The predicted molar refractivity (Wildman–Crippen MR) is 70.6 cm³/mol. The van der Waals surface area contributed by atoms with Crippen LogP contribution in [0.2, 0.25) is 0 Å². The Bertz CT molecular complexity index is 642. The molecule has 2 aromatic rings. The molecule has 6 heteroatoms. The third-order valence-corrected chi connectivity index (χ3v) is 3.43. The number of nitro benzene ring substituents is 1. The quantitative estimate of drug-likeness (QED) is 0.682. The van der Waals surface area contributed by atoms with Crippen molar-refractivity contribution in [2.24, 2.45) is 0 Å². The topological polar surface area (TPSA) is 80.4 Å². The standard InChI is InChI=1S/C13H9NO4S/c15-13(16)9-4-3-5-10(8-9)19-12-7-2-1-6-11(12)14(17)18/h1-8H,(H,15,16). The maximum absolute atomic E-state index is 10.9. The molecular weight excluding hydrogens is 266 g/mol. The van der Waals surface area contributed by atoms with E-state index in [2.05, 4.69) is 0 Å². The van der Waals surface area contributed by atoms with Gasteiger partial charge in [-0.15, -0.1) is 0 Å². The van der Waals surface area contributed by atoms with Gasteiger partial charge in [-0.2, -0.15) is 0 Å². The third kappa shape index (κ3) is 3.11. The minimum absolute atomic E-state index is 0.00762. The second kappa shape index (κ2) is 5.53. The molecule has 0 atom stereocenters. The third-order valence-electron chi connectivity index (χ3n) is 2.37. The summed E-state index contributed by atoms with van der Waals surface area (Å²) in [6.45, 7) is 0. The molecule has 5 nitrogen and oxygen atoms in total. The molecule has 0 radical (unpaired) electrons. The van der Waals surface area contributed by atoms with Crippen LogP contribution in [0.4, 0.5) is 5.69 Å². The number of para-hydroxylation sites is 1. The van der Waals surface area contributed by atoms with E-state index in [9.17, 15) is 14.9 Å². The lowest BCUT2D eigenvalue weighted by Gasteiger charge is -2.03. The SMILES string of the molecule is O=C(O)c1cccc(Sc2ccccc2[N+](=O)[O-])c1. The van der Waals surface area contributed by atoms with Gasteiger partial charge < -0.3 is 5.11 Å². The van der Waals surface area contributed by atoms with Crippen molar-refractivity contribution in [3.63, 3.8) is 0 Å². The Morgan fingerprint density at radius 2 is 1.89 bits per heavy atom. The van der Waals surface area contributed by atoms with E-state index in [0.29, 0.717) is 9.79 Å². The highest BCUT2D eigenvalue weighted by molar-refractivity contribution is 7.99. The van der Waals surface area contributed by atoms with Crippen LogP contribution in [0.25, 0.3) is 0 Å². The van der Waals surface area contributed by atoms with Gasteiger partial charge in [0, 0.05) is 11.0 Å². The molecule has 2 aromatic carbocycles. The van der Waals surface area contributed by atoms with E-state index in [-0.39, 0.29) is 11.3 Å². The Morgan fingerprint density at radius 1 is 1.16 bits per heavy atom. The molecule has 0 heterocycles. The van der Waals surface area contributed by atoms with E-state index in [1.54, 1.807) is 30.3 Å². The number of carbonyl (C=O) groups is 1. The van der Waals surface area contributed by atoms with E-state index < -0.39 is 10.9 Å². The Hall–Kier alpha value is -2.34. The Labute approximate surface area is 113 Å². The summed E-state index contributed by atoms with van der Waals surface area (Å²) in [4.78, 5) is 22.4. The van der Waals surface area contributed by atoms with E-state index in [0.717, 1.165) is 0 Å². The van der Waals surface area contributed by atoms with Gasteiger partial charge in [0.05, 0.1) is 15.4 Å². The van der Waals surface area contributed by atoms with Gasteiger partial charge in [0.25, 0.3) is 5.69 Å². The fraction of sp³-hybridized carbons (Fsp3) is 0. The molecule has 0 saturated heterocycles. The van der Waals surface area contributed by atoms with Crippen molar-refractivity contribution in [1.29, 1.82) is 0 Å². The van der Waals surface area contributed by atoms with Crippen LogP contribution in [0.3, 0.4) is 0 Å². The highest BCUT2D eigenvalue weighted by atomic mass is 32.2. The van der Waals surface area contributed by atoms with Crippen LogP contribution in [0.5, 0.6) is 0 Å². The van der Waals surface area contributed by atoms with Crippen molar-refractivity contribution in [1.82, 2.24) is 0 Å². The van der Waals surface area contributed by atoms with Gasteiger partial charge in [0.2, 0.25) is 0 Å². The van der Waals surface area contributed by atoms with Crippen molar-refractivity contribution in [3.8, 4) is 0 Å². The maximum atomic E-state index is 10.9. The van der Waals surface area contributed by atoms with E-state index in [1.807, 2.05) is 0 Å². The first kappa shape index (κ1) is 13.1. The van der Waals surface area contributed by atoms with Crippen molar-refractivity contribution < 1.29 is 14.8 Å². The molecule has 0 bridgehead atoms. The zero-order valence-corrected chi connectivity index (χ0v) is 10.5. The molecule has 0 aromatic heterocycles. The van der Waals surface area contributed by atoms with Gasteiger partial charge in [0.15, 0.2) is 0 Å². The number of nitro groups is 1. The first-order chi connectivity index (χ1) is 9.08. The first-order valence-electron chi connectivity index (χ1n) is 5.32. The van der Waals surface area contributed by atoms with Crippen LogP contribution >= 0.6 is 11.8 Å². The molecule has 0 spiro atoms. The lowest BCUT2D eigenvalue weighted by atomic mass is 10.2. The number of nitrogens with zero attached hydrogens (tertiary/aromatic N) is 1. The molecule has 0 saturated carbocycles. The van der Waals surface area contributed by atoms with E-state index in [4.69, 9.17) is 5.11 Å². The fourth-order valence-corrected chi connectivity index (χ4v) is 2.49. The van der Waals surface area contributed by atoms with Gasteiger partial charge in [-0.05, 0) is 24.3 Å². The number of rotatable bonds is 4. The van der Waals surface area contributed by atoms with E-state index in [1.165, 1.54) is 30.0 Å². The van der Waals surface area contributed by atoms with Crippen molar-refractivity contribution in [3.05, 3.63) is 64.2 Å². The van der Waals surface area contributed by atoms with Crippen LogP contribution in [0.1, 0.15) is 10.4 Å². The first-order valence-corrected chi connectivity index (χ1v) is 6.14. The van der Waals surface area contributed by atoms with Crippen molar-refractivity contribution in [2.45, 2.75) is 9.79 Å². The summed E-state index contributed by atoms with van der Waals surface area (Å²) in [6, 6.07) is 12.6. The normalized spacial score (nSPS) is 10.1. The van der Waals surface area contributed by atoms with Crippen LogP contribution in [0.15, 0.2) is 58.3 Å². The minimum atomic E-state index is -1.02. The Balaban J connectivity index is 2.34. The number of carboxylic acids is 1. The average Bonchev–Trinajstić information content (AvgIpc) is 2.39. The molecule has 0 unspecified atom stereocenters. The molecule has 2 rings (SSSR count). The molecule has 96 valence electrons. The van der Waals surface area contributed by atoms with Crippen molar-refractivity contribution >= 4 is 23.4 Å². The Kier molecular flexibility index (Phi) is 3.82. The lowest BCUT2D eigenvalue weighted by Crippen LogP contribution is -1.95. The van der Waals surface area contributed by atoms with Crippen molar-refractivity contribution in [2.75, 3.05) is 0 Å². The van der Waals surface area contributed by atoms with Gasteiger partial charge in [-0.1, -0.05) is 30.0 Å². The highest BCUT2D eigenvalue weighted by Gasteiger charge is 2.14. The van der Waals surface area contributed by atoms with Crippen LogP contribution < -0.4 is 0 Å². The molecule has 0 amide bonds. The van der Waals surface area contributed by atoms with E-state index >= 15 is 0 Å². The summed E-state index contributed by atoms with van der Waals surface area (Å²) in [5.41, 5.74) is 0.164. The summed E-state index contributed by atoms with van der Waals surface area (Å²) in [6.07, 6.45) is 0. The van der Waals surface area contributed by atoms with Gasteiger partial charge in [0.1, 0.15) is 0 Å². The predicted octanol–water partition coefficient (Wildman–Crippen LogP) is 3.44. The molecule has 0 aliphatic carbocycles. The average molecular weight is 275 g/mol. The minimum Gasteiger partial charge on any atom is -0.478 e. The second-order valence-electron chi connectivity index (χ2n) is 3.66. The molecule has 19 heavy (non-hydrogen) atoms. The summed E-state index contributed by atoms with van der Waals surface area (Å²) >= 11 is 1.17. The van der Waals surface area contributed by atoms with Crippen LogP contribution in [0, 0.1) is 10.1 Å². The molecule has 0 aliphatic rings. The second-order valence-corrected chi connectivity index (χ2v) is 4.78. The largest absolute Gasteiger partial charge is 0.478 e. The smallest absolute Gasteiger partial charge is 0.335 e. The fourth-order valence-electron chi connectivity index (χ4n) is 1.51. The Morgan fingerprint density at radius 3 is 2.58 bits per heavy atom. The van der Waals surface area contributed by atoms with Gasteiger partial charge in [-0.25, -0.2) is 4.79 Å². The number of aromatic carboxylic acids is 1. The summed E-state index contributed by atoms with van der Waals surface area (Å²) < 4.78 is 0. The zero-order chi connectivity index (χ0) is 13.8. The molecule has 1 N–H and O–H groups in total. The summed E-state index contributed by atoms with van der Waals surface area (Å²) in [5, 5.41) is 19.8. The molecule has 0 aliphatic heterocycles. The number of hydrogen-bond acceptors (Lipinski definition) is 4. The molecule has 0 fully saturated rings. The highest BCUT2D eigenvalue weighted by Crippen LogP contribution is 2.34. The number of benzene rings is 2. The summed E-state index contributed by atoms with van der Waals surface area (Å²) in [5.74, 6) is -1.02. The number of hydrogen-bond donors (Lipinski definition) is 1. The van der Waals surface area contributed by atoms with Crippen LogP contribution in [-0.4, -0.2) is 16.0 Å². The zero-order valence-electron chi connectivity index (χ0n) is 9.65. The summed E-state index contributed by atoms with van der Waals surface area (Å²) in [7, 11) is 0. The monoisotopic (exact) mass is 275 g/mol. The maximum Gasteiger partial charge on any atom is 0.335 e. The van der Waals surface area contributed by atoms with Gasteiger partial charge >= 0.3 is 5.97 Å². The lowest BCUT2D eigenvalue weighted by molar-refractivity contribution is -0.387. The van der Waals surface area contributed by atoms with Crippen LogP contribution in [-0.2, 0) is 0 Å². The van der Waals surface area contributed by atoms with Gasteiger partial charge in [-0.3, -0.25) is 10.1 Å².